The molecule has 0 aromatic carbocycles. The van der Waals surface area contributed by atoms with E-state index >= 15 is 0 Å². The number of thiazole rings is 1. The van der Waals surface area contributed by atoms with Crippen LogP contribution in [0.1, 0.15) is 23.4 Å². The van der Waals surface area contributed by atoms with Crippen LogP contribution in [0.2, 0.25) is 0 Å². The van der Waals surface area contributed by atoms with Crippen molar-refractivity contribution in [3.8, 4) is 0 Å². The van der Waals surface area contributed by atoms with Crippen LogP contribution >= 0.6 is 23.1 Å². The Balaban J connectivity index is 1.51. The smallest absolute Gasteiger partial charge is 0.0897 e. The lowest BCUT2D eigenvalue weighted by Gasteiger charge is -2.23. The number of hydrogen-bond acceptors (Lipinski definition) is 6. The van der Waals surface area contributed by atoms with Crippen LogP contribution in [0, 0.1) is 6.92 Å². The highest BCUT2D eigenvalue weighted by atomic mass is 32.2. The number of rotatable bonds is 8. The number of nitrogens with zero attached hydrogens (tertiary/aromatic N) is 1. The molecule has 2 unspecified atom stereocenters. The second-order valence-corrected chi connectivity index (χ2v) is 7.25. The number of aromatic nitrogens is 1. The molecule has 20 heavy (non-hydrogen) atoms. The van der Waals surface area contributed by atoms with E-state index in [0.717, 1.165) is 17.9 Å². The fraction of sp³-hybridized carbons (Fsp3) is 0.786. The lowest BCUT2D eigenvalue weighted by molar-refractivity contribution is 0.0373. The third-order valence-electron chi connectivity index (χ3n) is 3.43. The van der Waals surface area contributed by atoms with E-state index in [1.807, 2.05) is 24.2 Å². The van der Waals surface area contributed by atoms with Gasteiger partial charge >= 0.3 is 0 Å². The average molecular weight is 316 g/mol. The van der Waals surface area contributed by atoms with E-state index in [1.165, 1.54) is 23.5 Å². The van der Waals surface area contributed by atoms with Crippen LogP contribution in [0.4, 0.5) is 0 Å². The summed E-state index contributed by atoms with van der Waals surface area (Å²) in [5.41, 5.74) is 2.96. The van der Waals surface area contributed by atoms with Crippen molar-refractivity contribution >= 4 is 23.1 Å². The van der Waals surface area contributed by atoms with Crippen LogP contribution < -0.4 is 5.32 Å². The van der Waals surface area contributed by atoms with E-state index in [-0.39, 0.29) is 0 Å². The minimum absolute atomic E-state index is 0.407. The number of aliphatic hydroxyl groups is 1. The summed E-state index contributed by atoms with van der Waals surface area (Å²) >= 11 is 3.66. The van der Waals surface area contributed by atoms with Crippen molar-refractivity contribution < 1.29 is 9.84 Å². The molecule has 0 aliphatic carbocycles. The van der Waals surface area contributed by atoms with Crippen molar-refractivity contribution in [2.24, 2.45) is 0 Å². The highest BCUT2D eigenvalue weighted by Gasteiger charge is 2.14. The predicted octanol–water partition coefficient (Wildman–Crippen LogP) is 1.86. The highest BCUT2D eigenvalue weighted by molar-refractivity contribution is 7.99. The number of aryl methyl sites for hydroxylation is 1. The molecule has 0 spiro atoms. The molecule has 114 valence electrons. The standard InChI is InChI=1S/C14H24N2O2S2/c1-11-14(20-10-16-11)4-5-18-8-13(17)7-15-12-3-2-6-19-9-12/h10,12-13,15,17H,2-9H2,1H3. The van der Waals surface area contributed by atoms with Crippen LogP contribution in [0.3, 0.4) is 0 Å². The van der Waals surface area contributed by atoms with Crippen LogP contribution in [-0.4, -0.2) is 53.5 Å². The third-order valence-corrected chi connectivity index (χ3v) is 5.64. The zero-order chi connectivity index (χ0) is 14.2. The van der Waals surface area contributed by atoms with Gasteiger partial charge in [-0.2, -0.15) is 11.8 Å². The lowest BCUT2D eigenvalue weighted by Crippen LogP contribution is -2.40. The van der Waals surface area contributed by atoms with E-state index < -0.39 is 6.10 Å². The number of thioether (sulfide) groups is 1. The molecule has 0 bridgehead atoms. The largest absolute Gasteiger partial charge is 0.389 e. The molecular weight excluding hydrogens is 292 g/mol. The minimum atomic E-state index is -0.413. The first-order chi connectivity index (χ1) is 9.75. The van der Waals surface area contributed by atoms with Gasteiger partial charge in [0.1, 0.15) is 0 Å². The van der Waals surface area contributed by atoms with Crippen LogP contribution in [0.25, 0.3) is 0 Å². The Morgan fingerprint density at radius 3 is 3.20 bits per heavy atom. The first-order valence-electron chi connectivity index (χ1n) is 7.21. The van der Waals surface area contributed by atoms with Crippen molar-refractivity contribution in [1.82, 2.24) is 10.3 Å². The summed E-state index contributed by atoms with van der Waals surface area (Å²) < 4.78 is 5.55. The second-order valence-electron chi connectivity index (χ2n) is 5.16. The van der Waals surface area contributed by atoms with Gasteiger partial charge in [-0.15, -0.1) is 11.3 Å². The molecule has 2 heterocycles. The van der Waals surface area contributed by atoms with Crippen molar-refractivity contribution in [3.05, 3.63) is 16.1 Å². The third kappa shape index (κ3) is 5.69. The van der Waals surface area contributed by atoms with Gasteiger partial charge in [0, 0.05) is 29.6 Å². The molecule has 2 N–H and O–H groups in total. The molecule has 1 fully saturated rings. The van der Waals surface area contributed by atoms with E-state index in [1.54, 1.807) is 11.3 Å². The Morgan fingerprint density at radius 2 is 2.50 bits per heavy atom. The van der Waals surface area contributed by atoms with Gasteiger partial charge in [0.2, 0.25) is 0 Å². The second kappa shape index (κ2) is 9.00. The van der Waals surface area contributed by atoms with Crippen molar-refractivity contribution in [1.29, 1.82) is 0 Å². The Labute approximate surface area is 129 Å². The SMILES string of the molecule is Cc1ncsc1CCOCC(O)CNC1CCCSC1. The van der Waals surface area contributed by atoms with Gasteiger partial charge in [0.25, 0.3) is 0 Å². The molecule has 0 saturated carbocycles. The number of nitrogens with one attached hydrogen (secondary N) is 1. The van der Waals surface area contributed by atoms with Gasteiger partial charge in [0.05, 0.1) is 30.5 Å². The normalized spacial score (nSPS) is 21.0. The summed E-state index contributed by atoms with van der Waals surface area (Å²) in [6.45, 7) is 3.71. The Hall–Kier alpha value is -0.140. The summed E-state index contributed by atoms with van der Waals surface area (Å²) in [4.78, 5) is 5.49. The van der Waals surface area contributed by atoms with E-state index in [9.17, 15) is 5.11 Å². The van der Waals surface area contributed by atoms with Gasteiger partial charge in [-0.1, -0.05) is 0 Å². The van der Waals surface area contributed by atoms with Crippen LogP contribution in [0.15, 0.2) is 5.51 Å². The maximum absolute atomic E-state index is 9.89. The van der Waals surface area contributed by atoms with E-state index in [2.05, 4.69) is 10.3 Å². The average Bonchev–Trinajstić information content (AvgIpc) is 2.88. The van der Waals surface area contributed by atoms with Crippen LogP contribution in [0.5, 0.6) is 0 Å². The topological polar surface area (TPSA) is 54.4 Å². The summed E-state index contributed by atoms with van der Waals surface area (Å²) in [5, 5.41) is 13.3. The van der Waals surface area contributed by atoms with Gasteiger partial charge < -0.3 is 15.2 Å². The van der Waals surface area contributed by atoms with Crippen LogP contribution in [-0.2, 0) is 11.2 Å². The Morgan fingerprint density at radius 1 is 1.60 bits per heavy atom. The first-order valence-corrected chi connectivity index (χ1v) is 9.25. The summed E-state index contributed by atoms with van der Waals surface area (Å²) in [6.07, 6.45) is 2.98. The molecule has 1 saturated heterocycles. The fourth-order valence-electron chi connectivity index (χ4n) is 2.21. The first kappa shape index (κ1) is 16.2. The van der Waals surface area contributed by atoms with Crippen molar-refractivity contribution in [2.45, 2.75) is 38.3 Å². The van der Waals surface area contributed by atoms with Gasteiger partial charge in [-0.3, -0.25) is 0 Å². The molecule has 1 aromatic rings. The fourth-order valence-corrected chi connectivity index (χ4v) is 4.08. The van der Waals surface area contributed by atoms with Crippen molar-refractivity contribution in [2.75, 3.05) is 31.3 Å². The minimum Gasteiger partial charge on any atom is -0.389 e. The zero-order valence-corrected chi connectivity index (χ0v) is 13.6. The van der Waals surface area contributed by atoms with E-state index in [0.29, 0.717) is 25.8 Å². The maximum atomic E-state index is 9.89. The molecule has 0 radical (unpaired) electrons. The maximum Gasteiger partial charge on any atom is 0.0897 e. The van der Waals surface area contributed by atoms with Gasteiger partial charge in [0.15, 0.2) is 0 Å². The molecule has 4 nitrogen and oxygen atoms in total. The molecule has 1 aromatic heterocycles. The number of ether oxygens (including phenoxy) is 1. The summed E-state index contributed by atoms with van der Waals surface area (Å²) in [6, 6.07) is 0.559. The quantitative estimate of drug-likeness (QED) is 0.717. The molecule has 0 amide bonds. The molecule has 2 rings (SSSR count). The molecule has 1 aliphatic heterocycles. The molecule has 2 atom stereocenters. The van der Waals surface area contributed by atoms with Gasteiger partial charge in [-0.25, -0.2) is 4.98 Å². The molecular formula is C14H24N2O2S2. The Kier molecular flexibility index (Phi) is 7.30. The molecule has 1 aliphatic rings. The monoisotopic (exact) mass is 316 g/mol. The number of hydrogen-bond donors (Lipinski definition) is 2. The summed E-state index contributed by atoms with van der Waals surface area (Å²) in [5.74, 6) is 2.44. The highest BCUT2D eigenvalue weighted by Crippen LogP contribution is 2.16. The van der Waals surface area contributed by atoms with Gasteiger partial charge in [-0.05, 0) is 25.5 Å². The summed E-state index contributed by atoms with van der Waals surface area (Å²) in [7, 11) is 0. The lowest BCUT2D eigenvalue weighted by atomic mass is 10.2. The Bertz CT molecular complexity index is 381. The zero-order valence-electron chi connectivity index (χ0n) is 12.0. The van der Waals surface area contributed by atoms with Crippen molar-refractivity contribution in [3.63, 3.8) is 0 Å². The molecule has 6 heteroatoms. The van der Waals surface area contributed by atoms with E-state index in [4.69, 9.17) is 4.74 Å². The number of aliphatic hydroxyl groups excluding tert-OH is 1. The predicted molar refractivity (Wildman–Crippen MR) is 85.7 cm³/mol.